The van der Waals surface area contributed by atoms with Crippen molar-refractivity contribution in [3.05, 3.63) is 0 Å². The standard InChI is InChI=1S/C6H12.C5H9FN2O.H2/c1-2-4-6-5-3-1;6-4-1-2-8(3-4)5(7)9;/h1-6H2;4H,1-3H2,(H2,7,9);1H. The van der Waals surface area contributed by atoms with E-state index in [0.717, 1.165) is 0 Å². The topological polar surface area (TPSA) is 46.3 Å². The number of amides is 2. The number of hydrogen-bond donors (Lipinski definition) is 1. The third-order valence-electron chi connectivity index (χ3n) is 2.94. The smallest absolute Gasteiger partial charge is 0.314 e. The fourth-order valence-corrected chi connectivity index (χ4v) is 1.98. The summed E-state index contributed by atoms with van der Waals surface area (Å²) in [6.07, 6.45) is 8.57. The largest absolute Gasteiger partial charge is 0.351 e. The minimum Gasteiger partial charge on any atom is -0.351 e. The van der Waals surface area contributed by atoms with Gasteiger partial charge >= 0.3 is 6.03 Å². The number of likely N-dealkylation sites (tertiary alicyclic amines) is 1. The zero-order valence-electron chi connectivity index (χ0n) is 9.25. The molecule has 0 bridgehead atoms. The molecule has 15 heavy (non-hydrogen) atoms. The normalized spacial score (nSPS) is 25.7. The molecular formula is C11H23FN2O. The second-order valence-corrected chi connectivity index (χ2v) is 4.29. The van der Waals surface area contributed by atoms with Crippen molar-refractivity contribution in [3.8, 4) is 0 Å². The van der Waals surface area contributed by atoms with E-state index in [4.69, 9.17) is 5.73 Å². The first kappa shape index (κ1) is 12.3. The van der Waals surface area contributed by atoms with E-state index < -0.39 is 12.2 Å². The number of primary amides is 1. The second kappa shape index (κ2) is 6.64. The Labute approximate surface area is 92.3 Å². The summed E-state index contributed by atoms with van der Waals surface area (Å²) in [5, 5.41) is 0. The Morgan fingerprint density at radius 3 is 1.87 bits per heavy atom. The summed E-state index contributed by atoms with van der Waals surface area (Å²) < 4.78 is 12.3. The Bertz CT molecular complexity index is 189. The van der Waals surface area contributed by atoms with Gasteiger partial charge in [0.1, 0.15) is 6.17 Å². The molecule has 2 rings (SSSR count). The van der Waals surface area contributed by atoms with Crippen molar-refractivity contribution in [3.63, 3.8) is 0 Å². The van der Waals surface area contributed by atoms with Crippen molar-refractivity contribution >= 4 is 6.03 Å². The maximum atomic E-state index is 12.3. The van der Waals surface area contributed by atoms with Gasteiger partial charge in [0.25, 0.3) is 0 Å². The first-order valence-electron chi connectivity index (χ1n) is 5.88. The summed E-state index contributed by atoms with van der Waals surface area (Å²) >= 11 is 0. The summed E-state index contributed by atoms with van der Waals surface area (Å²) in [7, 11) is 0. The average molecular weight is 218 g/mol. The van der Waals surface area contributed by atoms with Crippen LogP contribution in [0.5, 0.6) is 0 Å². The maximum absolute atomic E-state index is 12.3. The van der Waals surface area contributed by atoms with E-state index in [9.17, 15) is 9.18 Å². The summed E-state index contributed by atoms with van der Waals surface area (Å²) in [5.41, 5.74) is 4.88. The highest BCUT2D eigenvalue weighted by Crippen LogP contribution is 2.15. The van der Waals surface area contributed by atoms with Crippen molar-refractivity contribution in [1.82, 2.24) is 4.90 Å². The van der Waals surface area contributed by atoms with Crippen LogP contribution in [-0.2, 0) is 0 Å². The summed E-state index contributed by atoms with van der Waals surface area (Å²) in [6, 6.07) is -0.518. The summed E-state index contributed by atoms with van der Waals surface area (Å²) in [4.78, 5) is 11.6. The summed E-state index contributed by atoms with van der Waals surface area (Å²) in [6.45, 7) is 0.645. The Morgan fingerprint density at radius 1 is 1.20 bits per heavy atom. The van der Waals surface area contributed by atoms with Crippen molar-refractivity contribution in [2.75, 3.05) is 13.1 Å². The highest BCUT2D eigenvalue weighted by molar-refractivity contribution is 5.72. The molecule has 0 radical (unpaired) electrons. The number of carbonyl (C=O) groups excluding carboxylic acids is 1. The number of urea groups is 1. The average Bonchev–Trinajstić information content (AvgIpc) is 2.69. The van der Waals surface area contributed by atoms with E-state index in [1.165, 1.54) is 43.4 Å². The predicted octanol–water partition coefficient (Wildman–Crippen LogP) is 2.70. The van der Waals surface area contributed by atoms with Crippen molar-refractivity contribution < 1.29 is 10.6 Å². The van der Waals surface area contributed by atoms with Crippen molar-refractivity contribution in [2.24, 2.45) is 5.73 Å². The van der Waals surface area contributed by atoms with E-state index in [-0.39, 0.29) is 7.97 Å². The SMILES string of the molecule is C1CCCCC1.NC(=O)N1CCC(F)C1.[HH]. The van der Waals surface area contributed by atoms with Crippen LogP contribution in [0.4, 0.5) is 9.18 Å². The first-order valence-corrected chi connectivity index (χ1v) is 5.88. The van der Waals surface area contributed by atoms with E-state index in [1.54, 1.807) is 0 Å². The third-order valence-corrected chi connectivity index (χ3v) is 2.94. The van der Waals surface area contributed by atoms with Gasteiger partial charge in [-0.25, -0.2) is 9.18 Å². The number of nitrogens with two attached hydrogens (primary N) is 1. The quantitative estimate of drug-likeness (QED) is 0.667. The number of rotatable bonds is 0. The van der Waals surface area contributed by atoms with Gasteiger partial charge in [-0.1, -0.05) is 38.5 Å². The molecule has 1 atom stereocenters. The van der Waals surface area contributed by atoms with Crippen molar-refractivity contribution in [2.45, 2.75) is 51.1 Å². The minimum absolute atomic E-state index is 0. The van der Waals surface area contributed by atoms with Gasteiger partial charge in [-0.3, -0.25) is 0 Å². The molecule has 1 aliphatic carbocycles. The fraction of sp³-hybridized carbons (Fsp3) is 0.909. The minimum atomic E-state index is -0.863. The maximum Gasteiger partial charge on any atom is 0.314 e. The molecule has 2 aliphatic rings. The van der Waals surface area contributed by atoms with Crippen LogP contribution >= 0.6 is 0 Å². The molecule has 1 heterocycles. The predicted molar refractivity (Wildman–Crippen MR) is 60.5 cm³/mol. The number of hydrogen-bond acceptors (Lipinski definition) is 1. The monoisotopic (exact) mass is 218 g/mol. The van der Waals surface area contributed by atoms with E-state index in [0.29, 0.717) is 13.0 Å². The number of alkyl halides is 1. The Morgan fingerprint density at radius 2 is 1.67 bits per heavy atom. The van der Waals surface area contributed by atoms with Crippen LogP contribution in [0.1, 0.15) is 46.4 Å². The van der Waals surface area contributed by atoms with E-state index >= 15 is 0 Å². The van der Waals surface area contributed by atoms with Crippen LogP contribution in [0, 0.1) is 0 Å². The Hall–Kier alpha value is -0.800. The number of carbonyl (C=O) groups is 1. The van der Waals surface area contributed by atoms with Gasteiger partial charge in [0.05, 0.1) is 6.54 Å². The van der Waals surface area contributed by atoms with Gasteiger partial charge in [-0.05, 0) is 6.42 Å². The highest BCUT2D eigenvalue weighted by Gasteiger charge is 2.23. The van der Waals surface area contributed by atoms with Gasteiger partial charge < -0.3 is 10.6 Å². The van der Waals surface area contributed by atoms with Crippen molar-refractivity contribution in [1.29, 1.82) is 0 Å². The molecule has 0 spiro atoms. The lowest BCUT2D eigenvalue weighted by atomic mass is 10.0. The van der Waals surface area contributed by atoms with Gasteiger partial charge in [0.15, 0.2) is 0 Å². The summed E-state index contributed by atoms with van der Waals surface area (Å²) in [5.74, 6) is 0. The molecule has 0 aromatic carbocycles. The molecule has 1 saturated heterocycles. The molecule has 0 aromatic heterocycles. The number of halogens is 1. The zero-order chi connectivity index (χ0) is 11.1. The molecule has 1 unspecified atom stereocenters. The van der Waals surface area contributed by atoms with Gasteiger partial charge in [0, 0.05) is 7.97 Å². The molecule has 2 fully saturated rings. The molecule has 1 saturated carbocycles. The zero-order valence-corrected chi connectivity index (χ0v) is 9.25. The van der Waals surface area contributed by atoms with E-state index in [1.807, 2.05) is 0 Å². The van der Waals surface area contributed by atoms with Crippen LogP contribution in [0.3, 0.4) is 0 Å². The lowest BCUT2D eigenvalue weighted by molar-refractivity contribution is 0.214. The van der Waals surface area contributed by atoms with Crippen LogP contribution in [0.2, 0.25) is 0 Å². The van der Waals surface area contributed by atoms with Gasteiger partial charge in [-0.15, -0.1) is 0 Å². The molecule has 2 N–H and O–H groups in total. The molecule has 1 aliphatic heterocycles. The van der Waals surface area contributed by atoms with Gasteiger partial charge in [-0.2, -0.15) is 0 Å². The molecular weight excluding hydrogens is 195 g/mol. The van der Waals surface area contributed by atoms with Crippen LogP contribution < -0.4 is 5.73 Å². The Kier molecular flexibility index (Phi) is 5.43. The Balaban J connectivity index is 0.000000283. The first-order chi connectivity index (χ1) is 7.20. The second-order valence-electron chi connectivity index (χ2n) is 4.29. The third kappa shape index (κ3) is 5.00. The lowest BCUT2D eigenvalue weighted by Gasteiger charge is -2.09. The van der Waals surface area contributed by atoms with Crippen LogP contribution in [0.15, 0.2) is 0 Å². The van der Waals surface area contributed by atoms with Crippen LogP contribution in [-0.4, -0.2) is 30.2 Å². The van der Waals surface area contributed by atoms with Gasteiger partial charge in [0.2, 0.25) is 0 Å². The molecule has 90 valence electrons. The molecule has 4 heteroatoms. The molecule has 2 amide bonds. The fourth-order valence-electron chi connectivity index (χ4n) is 1.98. The molecule has 3 nitrogen and oxygen atoms in total. The highest BCUT2D eigenvalue weighted by atomic mass is 19.1. The number of nitrogens with zero attached hydrogens (tertiary/aromatic N) is 1. The lowest BCUT2D eigenvalue weighted by Crippen LogP contribution is -2.33. The van der Waals surface area contributed by atoms with Crippen LogP contribution in [0.25, 0.3) is 0 Å². The molecule has 0 aromatic rings. The van der Waals surface area contributed by atoms with E-state index in [2.05, 4.69) is 0 Å².